The molecule has 0 spiro atoms. The second kappa shape index (κ2) is 4.60. The summed E-state index contributed by atoms with van der Waals surface area (Å²) in [6, 6.07) is 0.0626. The summed E-state index contributed by atoms with van der Waals surface area (Å²) in [5.41, 5.74) is 6.27. The first kappa shape index (κ1) is 12.9. The summed E-state index contributed by atoms with van der Waals surface area (Å²) in [6.07, 6.45) is 5.57. The highest BCUT2D eigenvalue weighted by Crippen LogP contribution is 2.34. The first-order valence-electron chi connectivity index (χ1n) is 7.00. The van der Waals surface area contributed by atoms with Crippen LogP contribution in [0.5, 0.6) is 0 Å². The maximum atomic E-state index is 12.6. The van der Waals surface area contributed by atoms with Crippen LogP contribution in [0.1, 0.15) is 52.9 Å². The van der Waals surface area contributed by atoms with E-state index < -0.39 is 0 Å². The summed E-state index contributed by atoms with van der Waals surface area (Å²) < 4.78 is 0. The standard InChI is InChI=1S/C14H26N2O/c1-10-6-4-7-11(12(10)15)13(17)16-9-5-8-14(16,2)3/h10-12H,4-9,15H2,1-3H3. The molecule has 98 valence electrons. The number of carbonyl (C=O) groups excluding carboxylic acids is 1. The quantitative estimate of drug-likeness (QED) is 0.761. The molecule has 3 unspecified atom stereocenters. The zero-order chi connectivity index (χ0) is 12.6. The molecule has 1 aliphatic carbocycles. The van der Waals surface area contributed by atoms with Gasteiger partial charge in [-0.15, -0.1) is 0 Å². The van der Waals surface area contributed by atoms with Crippen molar-refractivity contribution in [2.24, 2.45) is 17.6 Å². The summed E-state index contributed by atoms with van der Waals surface area (Å²) >= 11 is 0. The van der Waals surface area contributed by atoms with Gasteiger partial charge in [-0.25, -0.2) is 0 Å². The number of amides is 1. The third kappa shape index (κ3) is 2.35. The van der Waals surface area contributed by atoms with Crippen molar-refractivity contribution in [1.29, 1.82) is 0 Å². The Morgan fingerprint density at radius 1 is 1.29 bits per heavy atom. The summed E-state index contributed by atoms with van der Waals surface area (Å²) in [6.45, 7) is 7.45. The smallest absolute Gasteiger partial charge is 0.227 e. The molecule has 2 aliphatic rings. The van der Waals surface area contributed by atoms with Gasteiger partial charge in [0.05, 0.1) is 5.92 Å². The van der Waals surface area contributed by atoms with E-state index in [9.17, 15) is 4.79 Å². The number of likely N-dealkylation sites (tertiary alicyclic amines) is 1. The van der Waals surface area contributed by atoms with Gasteiger partial charge in [-0.1, -0.05) is 13.3 Å². The first-order valence-corrected chi connectivity index (χ1v) is 7.00. The fourth-order valence-corrected chi connectivity index (χ4v) is 3.45. The molecular weight excluding hydrogens is 212 g/mol. The molecule has 1 aliphatic heterocycles. The van der Waals surface area contributed by atoms with E-state index in [1.54, 1.807) is 0 Å². The van der Waals surface area contributed by atoms with Crippen LogP contribution in [0.15, 0.2) is 0 Å². The van der Waals surface area contributed by atoms with E-state index in [1.165, 1.54) is 6.42 Å². The van der Waals surface area contributed by atoms with Crippen LogP contribution in [0, 0.1) is 11.8 Å². The molecule has 1 heterocycles. The van der Waals surface area contributed by atoms with Gasteiger partial charge >= 0.3 is 0 Å². The molecule has 3 nitrogen and oxygen atoms in total. The summed E-state index contributed by atoms with van der Waals surface area (Å²) in [5, 5.41) is 0. The zero-order valence-corrected chi connectivity index (χ0v) is 11.4. The fourth-order valence-electron chi connectivity index (χ4n) is 3.45. The maximum absolute atomic E-state index is 12.6. The number of hydrogen-bond acceptors (Lipinski definition) is 2. The zero-order valence-electron chi connectivity index (χ0n) is 11.4. The lowest BCUT2D eigenvalue weighted by Gasteiger charge is -2.39. The van der Waals surface area contributed by atoms with Crippen molar-refractivity contribution in [3.8, 4) is 0 Å². The highest BCUT2D eigenvalue weighted by molar-refractivity contribution is 5.80. The Labute approximate surface area is 105 Å². The van der Waals surface area contributed by atoms with E-state index in [0.717, 1.165) is 32.2 Å². The minimum atomic E-state index is 0.0392. The van der Waals surface area contributed by atoms with E-state index in [2.05, 4.69) is 25.7 Å². The Balaban J connectivity index is 2.09. The van der Waals surface area contributed by atoms with E-state index in [4.69, 9.17) is 5.73 Å². The molecule has 2 rings (SSSR count). The summed E-state index contributed by atoms with van der Waals surface area (Å²) in [5.74, 6) is 0.867. The molecule has 2 fully saturated rings. The van der Waals surface area contributed by atoms with Gasteiger partial charge in [0.25, 0.3) is 0 Å². The van der Waals surface area contributed by atoms with Crippen LogP contribution in [-0.2, 0) is 4.79 Å². The van der Waals surface area contributed by atoms with Gasteiger partial charge in [0.2, 0.25) is 5.91 Å². The molecular formula is C14H26N2O. The predicted octanol–water partition coefficient (Wildman–Crippen LogP) is 2.15. The largest absolute Gasteiger partial charge is 0.337 e. The summed E-state index contributed by atoms with van der Waals surface area (Å²) in [4.78, 5) is 14.7. The van der Waals surface area contributed by atoms with Crippen LogP contribution in [0.4, 0.5) is 0 Å². The Hall–Kier alpha value is -0.570. The second-order valence-corrected chi connectivity index (χ2v) is 6.50. The summed E-state index contributed by atoms with van der Waals surface area (Å²) in [7, 11) is 0. The minimum Gasteiger partial charge on any atom is -0.337 e. The van der Waals surface area contributed by atoms with Crippen molar-refractivity contribution in [2.45, 2.75) is 64.5 Å². The highest BCUT2D eigenvalue weighted by Gasteiger charge is 2.41. The average molecular weight is 238 g/mol. The molecule has 17 heavy (non-hydrogen) atoms. The molecule has 2 N–H and O–H groups in total. The number of hydrogen-bond donors (Lipinski definition) is 1. The lowest BCUT2D eigenvalue weighted by Crippen LogP contribution is -2.52. The van der Waals surface area contributed by atoms with Gasteiger partial charge in [-0.2, -0.15) is 0 Å². The van der Waals surface area contributed by atoms with E-state index in [1.807, 2.05) is 0 Å². The molecule has 1 saturated carbocycles. The number of rotatable bonds is 1. The predicted molar refractivity (Wildman–Crippen MR) is 69.5 cm³/mol. The second-order valence-electron chi connectivity index (χ2n) is 6.50. The van der Waals surface area contributed by atoms with Crippen molar-refractivity contribution in [2.75, 3.05) is 6.54 Å². The van der Waals surface area contributed by atoms with Gasteiger partial charge in [0.15, 0.2) is 0 Å². The van der Waals surface area contributed by atoms with Crippen molar-refractivity contribution in [3.63, 3.8) is 0 Å². The van der Waals surface area contributed by atoms with Crippen LogP contribution < -0.4 is 5.73 Å². The Morgan fingerprint density at radius 3 is 2.59 bits per heavy atom. The van der Waals surface area contributed by atoms with Crippen LogP contribution in [0.2, 0.25) is 0 Å². The molecule has 1 amide bonds. The van der Waals surface area contributed by atoms with Crippen molar-refractivity contribution < 1.29 is 4.79 Å². The Morgan fingerprint density at radius 2 is 2.00 bits per heavy atom. The maximum Gasteiger partial charge on any atom is 0.227 e. The van der Waals surface area contributed by atoms with Gasteiger partial charge in [0, 0.05) is 18.1 Å². The van der Waals surface area contributed by atoms with Crippen molar-refractivity contribution in [3.05, 3.63) is 0 Å². The number of carbonyl (C=O) groups is 1. The van der Waals surface area contributed by atoms with Gasteiger partial charge < -0.3 is 10.6 Å². The van der Waals surface area contributed by atoms with E-state index in [0.29, 0.717) is 11.8 Å². The van der Waals surface area contributed by atoms with Crippen molar-refractivity contribution >= 4 is 5.91 Å². The minimum absolute atomic E-state index is 0.0392. The topological polar surface area (TPSA) is 46.3 Å². The molecule has 0 aromatic carbocycles. The molecule has 0 aromatic heterocycles. The monoisotopic (exact) mass is 238 g/mol. The first-order chi connectivity index (χ1) is 7.93. The molecule has 0 radical (unpaired) electrons. The van der Waals surface area contributed by atoms with Gasteiger partial charge in [-0.3, -0.25) is 4.79 Å². The Bertz CT molecular complexity index is 301. The third-order valence-electron chi connectivity index (χ3n) is 4.78. The van der Waals surface area contributed by atoms with Gasteiger partial charge in [0.1, 0.15) is 0 Å². The van der Waals surface area contributed by atoms with Crippen LogP contribution in [0.3, 0.4) is 0 Å². The van der Waals surface area contributed by atoms with E-state index >= 15 is 0 Å². The van der Waals surface area contributed by atoms with Crippen LogP contribution >= 0.6 is 0 Å². The van der Waals surface area contributed by atoms with E-state index in [-0.39, 0.29) is 17.5 Å². The molecule has 0 bridgehead atoms. The number of nitrogens with two attached hydrogens (primary N) is 1. The molecule has 1 saturated heterocycles. The third-order valence-corrected chi connectivity index (χ3v) is 4.78. The highest BCUT2D eigenvalue weighted by atomic mass is 16.2. The normalized spacial score (nSPS) is 37.2. The molecule has 3 atom stereocenters. The lowest BCUT2D eigenvalue weighted by molar-refractivity contribution is -0.141. The fraction of sp³-hybridized carbons (Fsp3) is 0.929. The average Bonchev–Trinajstić information content (AvgIpc) is 2.61. The van der Waals surface area contributed by atoms with Crippen LogP contribution in [-0.4, -0.2) is 28.9 Å². The SMILES string of the molecule is CC1CCCC(C(=O)N2CCCC2(C)C)C1N. The lowest BCUT2D eigenvalue weighted by atomic mass is 9.77. The molecule has 3 heteroatoms. The van der Waals surface area contributed by atoms with Crippen molar-refractivity contribution in [1.82, 2.24) is 4.90 Å². The van der Waals surface area contributed by atoms with Crippen LogP contribution in [0.25, 0.3) is 0 Å². The molecule has 0 aromatic rings. The van der Waals surface area contributed by atoms with Gasteiger partial charge in [-0.05, 0) is 45.4 Å². The number of nitrogens with zero attached hydrogens (tertiary/aromatic N) is 1. The Kier molecular flexibility index (Phi) is 3.48.